The number of hydrogen-bond donors (Lipinski definition) is 0. The molecule has 0 bridgehead atoms. The molecule has 0 saturated carbocycles. The molecule has 0 aliphatic carbocycles. The van der Waals surface area contributed by atoms with Gasteiger partial charge in [0.25, 0.3) is 5.78 Å². The fraction of sp³-hybridized carbons (Fsp3) is 0.778. The van der Waals surface area contributed by atoms with Crippen molar-refractivity contribution in [1.82, 2.24) is 0 Å². The molecular weight excluding hydrogens is 440 g/mol. The minimum atomic E-state index is -5.91. The number of Topliss-reactive ketones (excluding diaryl/α,β-unsaturated/α-hetero) is 2. The van der Waals surface area contributed by atoms with Crippen LogP contribution in [0.5, 0.6) is 0 Å². The average Bonchev–Trinajstić information content (AvgIpc) is 2.23. The maximum atomic E-state index is 13.1. The standard InChI is InChI=1S/C9H9F7O2.Er/c1-3-4(2)7(10,11)8(12,13)5(17)6(18)9(14,15)16;/h4H,3H2,1-2H3;/q;+3. The second-order valence-corrected chi connectivity index (χ2v) is 3.66. The molecule has 0 aromatic rings. The van der Waals surface area contributed by atoms with Crippen LogP contribution in [0, 0.1) is 43.2 Å². The first kappa shape index (κ1) is 21.4. The zero-order chi connectivity index (χ0) is 14.9. The van der Waals surface area contributed by atoms with Gasteiger partial charge in [-0.2, -0.15) is 30.7 Å². The summed E-state index contributed by atoms with van der Waals surface area (Å²) >= 11 is 0. The van der Waals surface area contributed by atoms with Crippen molar-refractivity contribution in [1.29, 1.82) is 0 Å². The molecular formula is C9H9ErF7O2+3. The normalized spacial score (nSPS) is 14.6. The second kappa shape index (κ2) is 6.70. The van der Waals surface area contributed by atoms with Gasteiger partial charge in [-0.15, -0.1) is 0 Å². The number of hydrogen-bond acceptors (Lipinski definition) is 2. The van der Waals surface area contributed by atoms with Crippen LogP contribution in [0.25, 0.3) is 0 Å². The Morgan fingerprint density at radius 2 is 1.32 bits per heavy atom. The summed E-state index contributed by atoms with van der Waals surface area (Å²) in [4.78, 5) is 20.9. The molecule has 0 spiro atoms. The number of ketones is 2. The van der Waals surface area contributed by atoms with Crippen molar-refractivity contribution in [2.45, 2.75) is 38.3 Å². The van der Waals surface area contributed by atoms with E-state index in [1.54, 1.807) is 0 Å². The van der Waals surface area contributed by atoms with Crippen molar-refractivity contribution in [3.05, 3.63) is 0 Å². The van der Waals surface area contributed by atoms with Crippen LogP contribution in [-0.4, -0.2) is 29.6 Å². The molecule has 0 amide bonds. The third-order valence-electron chi connectivity index (χ3n) is 2.40. The fourth-order valence-corrected chi connectivity index (χ4v) is 0.989. The summed E-state index contributed by atoms with van der Waals surface area (Å²) in [6, 6.07) is 0. The number of carbonyl (C=O) groups excluding carboxylic acids is 2. The Morgan fingerprint density at radius 1 is 0.947 bits per heavy atom. The molecule has 0 aliphatic rings. The van der Waals surface area contributed by atoms with E-state index in [2.05, 4.69) is 0 Å². The van der Waals surface area contributed by atoms with E-state index in [1.165, 1.54) is 0 Å². The zero-order valence-corrected chi connectivity index (χ0v) is 11.4. The molecule has 19 heavy (non-hydrogen) atoms. The third kappa shape index (κ3) is 4.28. The Morgan fingerprint density at radius 3 is 1.58 bits per heavy atom. The molecule has 0 fully saturated rings. The molecule has 0 aliphatic heterocycles. The van der Waals surface area contributed by atoms with E-state index in [9.17, 15) is 40.3 Å². The van der Waals surface area contributed by atoms with Crippen LogP contribution in [0.2, 0.25) is 0 Å². The van der Waals surface area contributed by atoms with Gasteiger partial charge in [0, 0.05) is 5.92 Å². The van der Waals surface area contributed by atoms with E-state index in [0.29, 0.717) is 6.92 Å². The van der Waals surface area contributed by atoms with E-state index in [0.717, 1.165) is 6.92 Å². The third-order valence-corrected chi connectivity index (χ3v) is 2.40. The molecule has 0 N–H and O–H groups in total. The van der Waals surface area contributed by atoms with E-state index in [-0.39, 0.29) is 37.3 Å². The van der Waals surface area contributed by atoms with Gasteiger partial charge >= 0.3 is 61.1 Å². The van der Waals surface area contributed by atoms with Gasteiger partial charge in [0.2, 0.25) is 0 Å². The predicted molar refractivity (Wildman–Crippen MR) is 45.4 cm³/mol. The molecule has 1 unspecified atom stereocenters. The van der Waals surface area contributed by atoms with Crippen LogP contribution >= 0.6 is 0 Å². The van der Waals surface area contributed by atoms with Gasteiger partial charge in [0.1, 0.15) is 0 Å². The molecule has 1 radical (unpaired) electrons. The fourth-order valence-electron chi connectivity index (χ4n) is 0.989. The Hall–Kier alpha value is 0.0968. The monoisotopic (exact) mass is 448 g/mol. The minimum Gasteiger partial charge on any atom is -0.283 e. The van der Waals surface area contributed by atoms with Crippen molar-refractivity contribution < 1.29 is 77.6 Å². The molecule has 115 valence electrons. The molecule has 0 heterocycles. The molecule has 0 aromatic carbocycles. The Labute approximate surface area is 133 Å². The predicted octanol–water partition coefficient (Wildman–Crippen LogP) is 3.00. The SMILES string of the molecule is CCC(C)C(F)(F)C(F)(F)C(=O)C(=O)C(F)(F)F.[Er+3]. The average molecular weight is 449 g/mol. The molecule has 0 aromatic heterocycles. The van der Waals surface area contributed by atoms with Crippen LogP contribution in [0.15, 0.2) is 0 Å². The maximum Gasteiger partial charge on any atom is 3.00 e. The first-order valence-corrected chi connectivity index (χ1v) is 4.71. The van der Waals surface area contributed by atoms with E-state index < -0.39 is 41.9 Å². The Kier molecular flexibility index (Phi) is 7.55. The van der Waals surface area contributed by atoms with Crippen molar-refractivity contribution in [2.75, 3.05) is 0 Å². The summed E-state index contributed by atoms with van der Waals surface area (Å²) < 4.78 is 87.5. The summed E-state index contributed by atoms with van der Waals surface area (Å²) in [5.41, 5.74) is 0. The van der Waals surface area contributed by atoms with Crippen LogP contribution < -0.4 is 0 Å². The Balaban J connectivity index is 0. The number of rotatable bonds is 5. The first-order valence-electron chi connectivity index (χ1n) is 4.71. The summed E-state index contributed by atoms with van der Waals surface area (Å²) in [5, 5.41) is 0. The van der Waals surface area contributed by atoms with Gasteiger partial charge in [-0.05, 0) is 6.42 Å². The number of halogens is 7. The van der Waals surface area contributed by atoms with Gasteiger partial charge in [0.15, 0.2) is 0 Å². The van der Waals surface area contributed by atoms with Crippen LogP contribution in [0.4, 0.5) is 30.7 Å². The molecule has 0 saturated heterocycles. The van der Waals surface area contributed by atoms with Crippen molar-refractivity contribution in [2.24, 2.45) is 5.92 Å². The molecule has 1 atom stereocenters. The Bertz CT molecular complexity index is 351. The van der Waals surface area contributed by atoms with Gasteiger partial charge < -0.3 is 0 Å². The second-order valence-electron chi connectivity index (χ2n) is 3.66. The van der Waals surface area contributed by atoms with E-state index in [1.807, 2.05) is 0 Å². The maximum absolute atomic E-state index is 13.1. The number of carbonyl (C=O) groups is 2. The van der Waals surface area contributed by atoms with Crippen LogP contribution in [-0.2, 0) is 9.59 Å². The molecule has 10 heteroatoms. The molecule has 0 rings (SSSR count). The summed E-state index contributed by atoms with van der Waals surface area (Å²) in [6.07, 6.45) is -6.41. The largest absolute Gasteiger partial charge is 3.00 e. The van der Waals surface area contributed by atoms with E-state index in [4.69, 9.17) is 0 Å². The van der Waals surface area contributed by atoms with Gasteiger partial charge in [-0.1, -0.05) is 13.8 Å². The zero-order valence-electron chi connectivity index (χ0n) is 9.54. The summed E-state index contributed by atoms with van der Waals surface area (Å²) in [5.74, 6) is -19.7. The smallest absolute Gasteiger partial charge is 0.283 e. The van der Waals surface area contributed by atoms with Gasteiger partial charge in [0.05, 0.1) is 0 Å². The summed E-state index contributed by atoms with van der Waals surface area (Å²) in [7, 11) is 0. The van der Waals surface area contributed by atoms with E-state index >= 15 is 0 Å². The van der Waals surface area contributed by atoms with Gasteiger partial charge in [-0.3, -0.25) is 9.59 Å². The quantitative estimate of drug-likeness (QED) is 0.478. The van der Waals surface area contributed by atoms with Crippen molar-refractivity contribution in [3.8, 4) is 0 Å². The van der Waals surface area contributed by atoms with Crippen LogP contribution in [0.1, 0.15) is 20.3 Å². The minimum absolute atomic E-state index is 0. The van der Waals surface area contributed by atoms with Crippen LogP contribution in [0.3, 0.4) is 0 Å². The molecule has 2 nitrogen and oxygen atoms in total. The van der Waals surface area contributed by atoms with Gasteiger partial charge in [-0.25, -0.2) is 0 Å². The number of alkyl halides is 7. The summed E-state index contributed by atoms with van der Waals surface area (Å²) in [6.45, 7) is 1.73. The van der Waals surface area contributed by atoms with Crippen molar-refractivity contribution in [3.63, 3.8) is 0 Å². The van der Waals surface area contributed by atoms with Crippen molar-refractivity contribution >= 4 is 11.6 Å². The first-order chi connectivity index (χ1) is 7.80. The topological polar surface area (TPSA) is 34.1 Å².